The number of rotatable bonds is 5. The van der Waals surface area contributed by atoms with E-state index in [2.05, 4.69) is 0 Å². The van der Waals surface area contributed by atoms with E-state index in [1.807, 2.05) is 6.92 Å². The van der Waals surface area contributed by atoms with E-state index in [1.54, 1.807) is 23.9 Å². The molecule has 0 saturated heterocycles. The fourth-order valence-electron chi connectivity index (χ4n) is 1.12. The molecular weight excluding hydrogens is 226 g/mol. The van der Waals surface area contributed by atoms with Gasteiger partial charge in [0.2, 0.25) is 0 Å². The molecule has 0 spiro atoms. The zero-order chi connectivity index (χ0) is 12.1. The Morgan fingerprint density at radius 3 is 2.75 bits per heavy atom. The van der Waals surface area contributed by atoms with Gasteiger partial charge in [-0.3, -0.25) is 0 Å². The van der Waals surface area contributed by atoms with Gasteiger partial charge in [0, 0.05) is 22.9 Å². The summed E-state index contributed by atoms with van der Waals surface area (Å²) < 4.78 is 0. The first-order valence-electron chi connectivity index (χ1n) is 4.91. The van der Waals surface area contributed by atoms with Crippen molar-refractivity contribution in [2.24, 2.45) is 5.92 Å². The molecule has 1 atom stereocenters. The van der Waals surface area contributed by atoms with Crippen molar-refractivity contribution in [3.8, 4) is 0 Å². The summed E-state index contributed by atoms with van der Waals surface area (Å²) in [6.45, 7) is 2.09. The molecule has 4 nitrogen and oxygen atoms in total. The van der Waals surface area contributed by atoms with Crippen LogP contribution in [0.4, 0.5) is 5.69 Å². The highest BCUT2D eigenvalue weighted by Gasteiger charge is 2.08. The quantitative estimate of drug-likeness (QED) is 0.539. The van der Waals surface area contributed by atoms with Crippen LogP contribution in [0.15, 0.2) is 23.1 Å². The number of nitrogens with two attached hydrogens (primary N) is 1. The van der Waals surface area contributed by atoms with E-state index >= 15 is 0 Å². The predicted molar refractivity (Wildman–Crippen MR) is 64.8 cm³/mol. The molecule has 1 aromatic carbocycles. The van der Waals surface area contributed by atoms with Gasteiger partial charge in [-0.25, -0.2) is 4.79 Å². The van der Waals surface area contributed by atoms with Gasteiger partial charge in [-0.15, -0.1) is 11.8 Å². The first kappa shape index (κ1) is 12.9. The summed E-state index contributed by atoms with van der Waals surface area (Å²) in [4.78, 5) is 11.6. The Kier molecular flexibility index (Phi) is 4.64. The van der Waals surface area contributed by atoms with Crippen LogP contribution < -0.4 is 5.73 Å². The molecule has 88 valence electrons. The van der Waals surface area contributed by atoms with E-state index in [9.17, 15) is 4.79 Å². The number of nitrogen functional groups attached to an aromatic ring is 1. The van der Waals surface area contributed by atoms with Crippen molar-refractivity contribution >= 4 is 23.4 Å². The smallest absolute Gasteiger partial charge is 0.337 e. The van der Waals surface area contributed by atoms with Crippen molar-refractivity contribution in [1.82, 2.24) is 0 Å². The molecule has 0 saturated carbocycles. The molecule has 0 aliphatic carbocycles. The lowest BCUT2D eigenvalue weighted by Gasteiger charge is -2.08. The number of carboxylic acids is 1. The van der Waals surface area contributed by atoms with Crippen LogP contribution in [0.5, 0.6) is 0 Å². The summed E-state index contributed by atoms with van der Waals surface area (Å²) in [6, 6.07) is 4.89. The number of carbonyl (C=O) groups is 1. The van der Waals surface area contributed by atoms with Crippen molar-refractivity contribution in [3.05, 3.63) is 23.8 Å². The molecule has 0 radical (unpaired) electrons. The Labute approximate surface area is 98.5 Å². The highest BCUT2D eigenvalue weighted by atomic mass is 32.2. The molecular formula is C11H15NO3S. The Balaban J connectivity index is 2.70. The number of hydrogen-bond acceptors (Lipinski definition) is 4. The molecule has 1 unspecified atom stereocenters. The molecule has 0 aliphatic heterocycles. The Hall–Kier alpha value is -1.20. The van der Waals surface area contributed by atoms with Crippen LogP contribution >= 0.6 is 11.8 Å². The monoisotopic (exact) mass is 241 g/mol. The van der Waals surface area contributed by atoms with Crippen molar-refractivity contribution in [3.63, 3.8) is 0 Å². The second-order valence-electron chi connectivity index (χ2n) is 3.65. The van der Waals surface area contributed by atoms with Crippen molar-refractivity contribution < 1.29 is 15.0 Å². The van der Waals surface area contributed by atoms with Gasteiger partial charge in [-0.2, -0.15) is 0 Å². The highest BCUT2D eigenvalue weighted by molar-refractivity contribution is 7.99. The van der Waals surface area contributed by atoms with Gasteiger partial charge in [0.1, 0.15) is 0 Å². The van der Waals surface area contributed by atoms with Crippen molar-refractivity contribution in [2.75, 3.05) is 18.1 Å². The third-order valence-corrected chi connectivity index (χ3v) is 3.42. The second-order valence-corrected chi connectivity index (χ2v) is 4.75. The van der Waals surface area contributed by atoms with E-state index in [0.717, 1.165) is 10.6 Å². The van der Waals surface area contributed by atoms with Crippen molar-refractivity contribution in [1.29, 1.82) is 0 Å². The summed E-state index contributed by atoms with van der Waals surface area (Å²) >= 11 is 1.55. The first-order chi connectivity index (χ1) is 7.54. The van der Waals surface area contributed by atoms with Crippen LogP contribution in [0, 0.1) is 5.92 Å². The van der Waals surface area contributed by atoms with Crippen molar-refractivity contribution in [2.45, 2.75) is 11.8 Å². The van der Waals surface area contributed by atoms with Gasteiger partial charge in [-0.05, 0) is 24.1 Å². The summed E-state index contributed by atoms with van der Waals surface area (Å²) in [5, 5.41) is 17.7. The van der Waals surface area contributed by atoms with E-state index in [4.69, 9.17) is 15.9 Å². The number of anilines is 1. The molecule has 0 fully saturated rings. The van der Waals surface area contributed by atoms with Crippen LogP contribution in [0.1, 0.15) is 17.3 Å². The van der Waals surface area contributed by atoms with Gasteiger partial charge in [-0.1, -0.05) is 6.92 Å². The van der Waals surface area contributed by atoms with E-state index in [0.29, 0.717) is 0 Å². The second kappa shape index (κ2) is 5.77. The third kappa shape index (κ3) is 3.43. The minimum atomic E-state index is -1.02. The predicted octanol–water partition coefficient (Wildman–Crippen LogP) is 1.69. The maximum absolute atomic E-state index is 10.7. The molecule has 16 heavy (non-hydrogen) atoms. The molecule has 0 aliphatic rings. The Morgan fingerprint density at radius 2 is 2.25 bits per heavy atom. The number of thioether (sulfide) groups is 1. The number of aromatic carboxylic acids is 1. The topological polar surface area (TPSA) is 83.5 Å². The van der Waals surface area contributed by atoms with Gasteiger partial charge >= 0.3 is 5.97 Å². The van der Waals surface area contributed by atoms with Crippen LogP contribution in [-0.2, 0) is 0 Å². The first-order valence-corrected chi connectivity index (χ1v) is 5.89. The fourth-order valence-corrected chi connectivity index (χ4v) is 2.07. The lowest BCUT2D eigenvalue weighted by Crippen LogP contribution is -2.04. The SMILES string of the molecule is CC(CO)CSc1ccc(C(=O)O)c(N)c1. The third-order valence-electron chi connectivity index (χ3n) is 2.10. The highest BCUT2D eigenvalue weighted by Crippen LogP contribution is 2.24. The summed E-state index contributed by atoms with van der Waals surface area (Å²) in [6.07, 6.45) is 0. The standard InChI is InChI=1S/C11H15NO3S/c1-7(5-13)6-16-8-2-3-9(11(14)15)10(12)4-8/h2-4,7,13H,5-6,12H2,1H3,(H,14,15). The number of carboxylic acid groups (broad SMARTS) is 1. The molecule has 1 rings (SSSR count). The van der Waals surface area contributed by atoms with E-state index in [-0.39, 0.29) is 23.8 Å². The van der Waals surface area contributed by atoms with E-state index < -0.39 is 5.97 Å². The minimum Gasteiger partial charge on any atom is -0.478 e. The normalized spacial score (nSPS) is 12.4. The van der Waals surface area contributed by atoms with Crippen LogP contribution in [0.3, 0.4) is 0 Å². The van der Waals surface area contributed by atoms with Gasteiger partial charge in [0.05, 0.1) is 5.56 Å². The Morgan fingerprint density at radius 1 is 1.56 bits per heavy atom. The maximum atomic E-state index is 10.7. The Bertz CT molecular complexity index is 381. The lowest BCUT2D eigenvalue weighted by molar-refractivity contribution is 0.0698. The summed E-state index contributed by atoms with van der Waals surface area (Å²) in [5.41, 5.74) is 6.01. The molecule has 0 aromatic heterocycles. The maximum Gasteiger partial charge on any atom is 0.337 e. The largest absolute Gasteiger partial charge is 0.478 e. The number of aliphatic hydroxyl groups excluding tert-OH is 1. The van der Waals surface area contributed by atoms with Crippen LogP contribution in [-0.4, -0.2) is 28.5 Å². The molecule has 4 N–H and O–H groups in total. The summed E-state index contributed by atoms with van der Waals surface area (Å²) in [7, 11) is 0. The molecule has 5 heteroatoms. The average molecular weight is 241 g/mol. The zero-order valence-corrected chi connectivity index (χ0v) is 9.83. The molecule has 0 bridgehead atoms. The number of aliphatic hydroxyl groups is 1. The fraction of sp³-hybridized carbons (Fsp3) is 0.364. The van der Waals surface area contributed by atoms with E-state index in [1.165, 1.54) is 6.07 Å². The van der Waals surface area contributed by atoms with Gasteiger partial charge < -0.3 is 15.9 Å². The van der Waals surface area contributed by atoms with Gasteiger partial charge in [0.15, 0.2) is 0 Å². The van der Waals surface area contributed by atoms with Crippen LogP contribution in [0.25, 0.3) is 0 Å². The van der Waals surface area contributed by atoms with Gasteiger partial charge in [0.25, 0.3) is 0 Å². The van der Waals surface area contributed by atoms with Crippen LogP contribution in [0.2, 0.25) is 0 Å². The minimum absolute atomic E-state index is 0.125. The average Bonchev–Trinajstić information content (AvgIpc) is 2.25. The number of benzene rings is 1. The molecule has 0 amide bonds. The lowest BCUT2D eigenvalue weighted by atomic mass is 10.2. The molecule has 1 aromatic rings. The zero-order valence-electron chi connectivity index (χ0n) is 9.01. The number of hydrogen-bond donors (Lipinski definition) is 3. The molecule has 0 heterocycles. The summed E-state index contributed by atoms with van der Waals surface area (Å²) in [5.74, 6) is -0.0225.